The maximum atomic E-state index is 13.7. The lowest BCUT2D eigenvalue weighted by Crippen LogP contribution is -2.52. The fourth-order valence-corrected chi connectivity index (χ4v) is 5.57. The second-order valence-electron chi connectivity index (χ2n) is 7.63. The van der Waals surface area contributed by atoms with Crippen LogP contribution < -0.4 is 4.90 Å². The summed E-state index contributed by atoms with van der Waals surface area (Å²) in [6.07, 6.45) is 4.26. The Labute approximate surface area is 174 Å². The number of rotatable bonds is 4. The van der Waals surface area contributed by atoms with E-state index in [0.29, 0.717) is 19.5 Å². The van der Waals surface area contributed by atoms with Gasteiger partial charge in [-0.3, -0.25) is 0 Å². The number of H-pyrrole nitrogens is 1. The van der Waals surface area contributed by atoms with Gasteiger partial charge in [0, 0.05) is 49.6 Å². The molecule has 0 aliphatic carbocycles. The quantitative estimate of drug-likeness (QED) is 0.691. The summed E-state index contributed by atoms with van der Waals surface area (Å²) >= 11 is 0. The predicted octanol–water partition coefficient (Wildman–Crippen LogP) is 3.11. The molecule has 0 bridgehead atoms. The Morgan fingerprint density at radius 3 is 2.90 bits per heavy atom. The van der Waals surface area contributed by atoms with E-state index in [9.17, 15) is 12.8 Å². The number of anilines is 1. The molecule has 9 heteroatoms. The molecule has 7 nitrogen and oxygen atoms in total. The number of nitriles is 1. The third kappa shape index (κ3) is 3.42. The maximum absolute atomic E-state index is 13.7. The molecule has 2 atom stereocenters. The van der Waals surface area contributed by atoms with Gasteiger partial charge in [-0.1, -0.05) is 6.92 Å². The number of likely N-dealkylation sites (N-methyl/N-ethyl adjacent to an activating group) is 1. The maximum Gasteiger partial charge on any atom is 0.243 e. The summed E-state index contributed by atoms with van der Waals surface area (Å²) in [5.74, 6) is -0.457. The molecular formula is C21H22FN5O2S. The van der Waals surface area contributed by atoms with E-state index in [2.05, 4.69) is 21.8 Å². The molecule has 0 saturated carbocycles. The summed E-state index contributed by atoms with van der Waals surface area (Å²) in [7, 11) is -1.88. The van der Waals surface area contributed by atoms with Gasteiger partial charge in [0.05, 0.1) is 10.5 Å². The van der Waals surface area contributed by atoms with E-state index in [-0.39, 0.29) is 22.4 Å². The molecular weight excluding hydrogens is 405 g/mol. The SMILES string of the molecule is C[C@@H]1CCN(S(=O)(=O)c2ccc(F)c(C#N)c2)C[C@@H]1N(C)c1ccnc2[nH]ccc12. The zero-order chi connectivity index (χ0) is 21.5. The lowest BCUT2D eigenvalue weighted by molar-refractivity contribution is 0.248. The van der Waals surface area contributed by atoms with E-state index in [4.69, 9.17) is 5.26 Å². The molecule has 156 valence electrons. The molecule has 1 aliphatic rings. The van der Waals surface area contributed by atoms with Crippen molar-refractivity contribution < 1.29 is 12.8 Å². The van der Waals surface area contributed by atoms with Gasteiger partial charge in [0.2, 0.25) is 10.0 Å². The molecule has 1 aromatic carbocycles. The normalized spacial score (nSPS) is 20.2. The molecule has 3 heterocycles. The molecule has 0 spiro atoms. The van der Waals surface area contributed by atoms with Crippen molar-refractivity contribution >= 4 is 26.7 Å². The van der Waals surface area contributed by atoms with E-state index in [0.717, 1.165) is 28.9 Å². The summed E-state index contributed by atoms with van der Waals surface area (Å²) in [5.41, 5.74) is 1.48. The first kappa shape index (κ1) is 20.3. The number of nitrogens with one attached hydrogen (secondary N) is 1. The van der Waals surface area contributed by atoms with Gasteiger partial charge in [0.1, 0.15) is 17.5 Å². The number of aromatic amines is 1. The lowest BCUT2D eigenvalue weighted by atomic mass is 9.93. The lowest BCUT2D eigenvalue weighted by Gasteiger charge is -2.42. The minimum atomic E-state index is -3.84. The molecule has 2 aromatic heterocycles. The summed E-state index contributed by atoms with van der Waals surface area (Å²) in [6, 6.07) is 8.89. The van der Waals surface area contributed by atoms with Crippen molar-refractivity contribution in [1.29, 1.82) is 5.26 Å². The zero-order valence-corrected chi connectivity index (χ0v) is 17.5. The average molecular weight is 428 g/mol. The highest BCUT2D eigenvalue weighted by Crippen LogP contribution is 2.32. The third-order valence-electron chi connectivity index (χ3n) is 5.89. The van der Waals surface area contributed by atoms with Crippen LogP contribution in [0.25, 0.3) is 11.0 Å². The highest BCUT2D eigenvalue weighted by molar-refractivity contribution is 7.89. The monoisotopic (exact) mass is 427 g/mol. The van der Waals surface area contributed by atoms with Crippen LogP contribution in [-0.2, 0) is 10.0 Å². The van der Waals surface area contributed by atoms with E-state index in [1.165, 1.54) is 10.4 Å². The predicted molar refractivity (Wildman–Crippen MR) is 112 cm³/mol. The standard InChI is InChI=1S/C21H22FN5O2S/c1-14-7-10-27(30(28,29)16-3-4-18(22)15(11-16)12-23)13-20(14)26(2)19-6-9-25-21-17(19)5-8-24-21/h3-6,8-9,11,14,20H,7,10,13H2,1-2H3,(H,24,25)/t14-,20+/m1/s1. The minimum Gasteiger partial charge on any atom is -0.369 e. The van der Waals surface area contributed by atoms with E-state index < -0.39 is 15.8 Å². The van der Waals surface area contributed by atoms with E-state index in [1.807, 2.05) is 25.4 Å². The number of fused-ring (bicyclic) bond motifs is 1. The van der Waals surface area contributed by atoms with Crippen LogP contribution in [-0.4, -0.2) is 48.9 Å². The number of benzene rings is 1. The Balaban J connectivity index is 1.65. The zero-order valence-electron chi connectivity index (χ0n) is 16.7. The molecule has 3 aromatic rings. The fraction of sp³-hybridized carbons (Fsp3) is 0.333. The molecule has 1 aliphatic heterocycles. The van der Waals surface area contributed by atoms with E-state index in [1.54, 1.807) is 12.3 Å². The first-order valence-electron chi connectivity index (χ1n) is 9.67. The topological polar surface area (TPSA) is 93.1 Å². The van der Waals surface area contributed by atoms with Crippen LogP contribution >= 0.6 is 0 Å². The van der Waals surface area contributed by atoms with Crippen molar-refractivity contribution in [3.8, 4) is 6.07 Å². The van der Waals surface area contributed by atoms with Crippen LogP contribution in [0.5, 0.6) is 0 Å². The van der Waals surface area contributed by atoms with Crippen molar-refractivity contribution in [1.82, 2.24) is 14.3 Å². The number of sulfonamides is 1. The minimum absolute atomic E-state index is 0.0510. The molecule has 1 fully saturated rings. The molecule has 0 radical (unpaired) electrons. The smallest absolute Gasteiger partial charge is 0.243 e. The first-order valence-corrected chi connectivity index (χ1v) is 11.1. The highest BCUT2D eigenvalue weighted by Gasteiger charge is 2.36. The van der Waals surface area contributed by atoms with Crippen molar-refractivity contribution in [3.63, 3.8) is 0 Å². The highest BCUT2D eigenvalue weighted by atomic mass is 32.2. The van der Waals surface area contributed by atoms with Gasteiger partial charge in [-0.15, -0.1) is 0 Å². The van der Waals surface area contributed by atoms with Crippen LogP contribution in [0.4, 0.5) is 10.1 Å². The molecule has 0 amide bonds. The second-order valence-corrected chi connectivity index (χ2v) is 9.57. The summed E-state index contributed by atoms with van der Waals surface area (Å²) in [6.45, 7) is 2.79. The Bertz CT molecular complexity index is 1230. The summed E-state index contributed by atoms with van der Waals surface area (Å²) < 4.78 is 41.5. The molecule has 30 heavy (non-hydrogen) atoms. The number of piperidine rings is 1. The van der Waals surface area contributed by atoms with Gasteiger partial charge in [-0.25, -0.2) is 17.8 Å². The van der Waals surface area contributed by atoms with Gasteiger partial charge in [-0.2, -0.15) is 9.57 Å². The Kier molecular flexibility index (Phi) is 5.22. The first-order chi connectivity index (χ1) is 14.3. The number of aromatic nitrogens is 2. The van der Waals surface area contributed by atoms with Crippen LogP contribution in [0.2, 0.25) is 0 Å². The van der Waals surface area contributed by atoms with Gasteiger partial charge in [-0.05, 0) is 42.7 Å². The van der Waals surface area contributed by atoms with Crippen LogP contribution in [0, 0.1) is 23.1 Å². The average Bonchev–Trinajstić information content (AvgIpc) is 3.22. The Hall–Kier alpha value is -2.96. The number of halogens is 1. The molecule has 0 unspecified atom stereocenters. The molecule has 4 rings (SSSR count). The Morgan fingerprint density at radius 2 is 2.13 bits per heavy atom. The third-order valence-corrected chi connectivity index (χ3v) is 7.75. The van der Waals surface area contributed by atoms with Crippen molar-refractivity contribution in [2.75, 3.05) is 25.0 Å². The number of hydrogen-bond donors (Lipinski definition) is 1. The summed E-state index contributed by atoms with van der Waals surface area (Å²) in [5, 5.41) is 10.0. The fourth-order valence-electron chi connectivity index (χ4n) is 4.07. The van der Waals surface area contributed by atoms with Gasteiger partial charge in [0.15, 0.2) is 0 Å². The number of pyridine rings is 1. The van der Waals surface area contributed by atoms with E-state index >= 15 is 0 Å². The van der Waals surface area contributed by atoms with Crippen molar-refractivity contribution in [2.24, 2.45) is 5.92 Å². The van der Waals surface area contributed by atoms with Crippen molar-refractivity contribution in [2.45, 2.75) is 24.3 Å². The molecule has 1 saturated heterocycles. The van der Waals surface area contributed by atoms with Crippen LogP contribution in [0.1, 0.15) is 18.9 Å². The van der Waals surface area contributed by atoms with Crippen LogP contribution in [0.3, 0.4) is 0 Å². The molecule has 1 N–H and O–H groups in total. The number of nitrogens with zero attached hydrogens (tertiary/aromatic N) is 4. The van der Waals surface area contributed by atoms with Gasteiger partial charge in [0.25, 0.3) is 0 Å². The Morgan fingerprint density at radius 1 is 1.33 bits per heavy atom. The second kappa shape index (κ2) is 7.70. The van der Waals surface area contributed by atoms with Crippen LogP contribution in [0.15, 0.2) is 47.6 Å². The summed E-state index contributed by atoms with van der Waals surface area (Å²) in [4.78, 5) is 9.46. The van der Waals surface area contributed by atoms with Gasteiger partial charge >= 0.3 is 0 Å². The van der Waals surface area contributed by atoms with Crippen molar-refractivity contribution in [3.05, 3.63) is 54.1 Å². The number of hydrogen-bond acceptors (Lipinski definition) is 5. The largest absolute Gasteiger partial charge is 0.369 e. The van der Waals surface area contributed by atoms with Gasteiger partial charge < -0.3 is 9.88 Å².